The van der Waals surface area contributed by atoms with Crippen molar-refractivity contribution in [2.45, 2.75) is 13.5 Å². The van der Waals surface area contributed by atoms with Gasteiger partial charge in [-0.05, 0) is 24.1 Å². The summed E-state index contributed by atoms with van der Waals surface area (Å²) in [6.07, 6.45) is 2.94. The van der Waals surface area contributed by atoms with E-state index in [0.29, 0.717) is 22.9 Å². The van der Waals surface area contributed by atoms with Gasteiger partial charge in [0.05, 0.1) is 6.20 Å². The van der Waals surface area contributed by atoms with Gasteiger partial charge in [-0.3, -0.25) is 0 Å². The van der Waals surface area contributed by atoms with Crippen LogP contribution in [0.3, 0.4) is 0 Å². The Morgan fingerprint density at radius 2 is 2.24 bits per heavy atom. The molecular formula is C12H11ClFN3. The molecule has 0 bridgehead atoms. The Morgan fingerprint density at radius 1 is 1.41 bits per heavy atom. The van der Waals surface area contributed by atoms with Crippen molar-refractivity contribution in [1.29, 1.82) is 0 Å². The van der Waals surface area contributed by atoms with Crippen LogP contribution in [0, 0.1) is 12.7 Å². The minimum absolute atomic E-state index is 0.200. The molecule has 17 heavy (non-hydrogen) atoms. The van der Waals surface area contributed by atoms with Gasteiger partial charge in [-0.15, -0.1) is 0 Å². The van der Waals surface area contributed by atoms with Gasteiger partial charge in [0.2, 0.25) is 0 Å². The molecular weight excluding hydrogens is 241 g/mol. The zero-order chi connectivity index (χ0) is 12.3. The first-order valence-electron chi connectivity index (χ1n) is 5.11. The van der Waals surface area contributed by atoms with E-state index in [2.05, 4.69) is 15.3 Å². The minimum atomic E-state index is -0.200. The van der Waals surface area contributed by atoms with Crippen LogP contribution in [-0.4, -0.2) is 9.97 Å². The van der Waals surface area contributed by atoms with E-state index >= 15 is 0 Å². The summed E-state index contributed by atoms with van der Waals surface area (Å²) in [7, 11) is 0. The lowest BCUT2D eigenvalue weighted by molar-refractivity contribution is 0.617. The van der Waals surface area contributed by atoms with Gasteiger partial charge in [-0.2, -0.15) is 0 Å². The molecule has 0 radical (unpaired) electrons. The van der Waals surface area contributed by atoms with E-state index in [1.54, 1.807) is 19.1 Å². The van der Waals surface area contributed by atoms with Crippen molar-refractivity contribution < 1.29 is 4.39 Å². The van der Waals surface area contributed by atoms with Crippen molar-refractivity contribution in [1.82, 2.24) is 9.97 Å². The maximum absolute atomic E-state index is 13.1. The fourth-order valence-electron chi connectivity index (χ4n) is 1.45. The second-order valence-electron chi connectivity index (χ2n) is 3.66. The van der Waals surface area contributed by atoms with E-state index in [1.165, 1.54) is 18.6 Å². The van der Waals surface area contributed by atoms with Crippen LogP contribution in [-0.2, 0) is 6.54 Å². The van der Waals surface area contributed by atoms with Crippen LogP contribution < -0.4 is 5.32 Å². The topological polar surface area (TPSA) is 37.8 Å². The summed E-state index contributed by atoms with van der Waals surface area (Å²) < 4.78 is 13.1. The fourth-order valence-corrected chi connectivity index (χ4v) is 1.62. The Balaban J connectivity index is 2.08. The molecule has 0 amide bonds. The monoisotopic (exact) mass is 251 g/mol. The summed E-state index contributed by atoms with van der Waals surface area (Å²) in [5.74, 6) is 0.373. The van der Waals surface area contributed by atoms with Gasteiger partial charge in [0, 0.05) is 6.54 Å². The molecule has 0 aliphatic carbocycles. The highest BCUT2D eigenvalue weighted by atomic mass is 35.5. The number of nitrogens with zero attached hydrogens (tertiary/aromatic N) is 2. The first-order chi connectivity index (χ1) is 8.16. The zero-order valence-electron chi connectivity index (χ0n) is 9.24. The lowest BCUT2D eigenvalue weighted by Crippen LogP contribution is -2.02. The molecule has 1 aromatic carbocycles. The Hall–Kier alpha value is -1.68. The van der Waals surface area contributed by atoms with Crippen molar-refractivity contribution in [2.24, 2.45) is 0 Å². The maximum Gasteiger partial charge on any atom is 0.148 e. The molecule has 88 valence electrons. The van der Waals surface area contributed by atoms with E-state index in [4.69, 9.17) is 11.6 Å². The quantitative estimate of drug-likeness (QED) is 0.910. The predicted molar refractivity (Wildman–Crippen MR) is 65.5 cm³/mol. The van der Waals surface area contributed by atoms with Gasteiger partial charge in [-0.25, -0.2) is 14.4 Å². The van der Waals surface area contributed by atoms with Crippen LogP contribution in [0.5, 0.6) is 0 Å². The molecule has 0 fully saturated rings. The van der Waals surface area contributed by atoms with Crippen molar-refractivity contribution >= 4 is 17.4 Å². The molecule has 1 heterocycles. The van der Waals surface area contributed by atoms with E-state index in [1.807, 2.05) is 0 Å². The second-order valence-corrected chi connectivity index (χ2v) is 4.06. The number of benzene rings is 1. The van der Waals surface area contributed by atoms with Gasteiger partial charge >= 0.3 is 0 Å². The number of anilines is 1. The van der Waals surface area contributed by atoms with Crippen LogP contribution in [0.25, 0.3) is 0 Å². The SMILES string of the molecule is Cc1cc(CNc2ncncc2Cl)ccc1F. The maximum atomic E-state index is 13.1. The number of hydrogen-bond donors (Lipinski definition) is 1. The van der Waals surface area contributed by atoms with E-state index in [0.717, 1.165) is 5.56 Å². The number of aromatic nitrogens is 2. The zero-order valence-corrected chi connectivity index (χ0v) is 10.0. The molecule has 0 aliphatic heterocycles. The van der Waals surface area contributed by atoms with E-state index < -0.39 is 0 Å². The molecule has 0 spiro atoms. The Labute approximate surface area is 104 Å². The Morgan fingerprint density at radius 3 is 2.94 bits per heavy atom. The second kappa shape index (κ2) is 5.10. The smallest absolute Gasteiger partial charge is 0.148 e. The van der Waals surface area contributed by atoms with Crippen LogP contribution in [0.15, 0.2) is 30.7 Å². The summed E-state index contributed by atoms with van der Waals surface area (Å²) in [6.45, 7) is 2.27. The molecule has 3 nitrogen and oxygen atoms in total. The number of aryl methyl sites for hydroxylation is 1. The van der Waals surface area contributed by atoms with Gasteiger partial charge < -0.3 is 5.32 Å². The first kappa shape index (κ1) is 11.8. The van der Waals surface area contributed by atoms with E-state index in [-0.39, 0.29) is 5.82 Å². The average molecular weight is 252 g/mol. The van der Waals surface area contributed by atoms with Crippen molar-refractivity contribution in [3.05, 3.63) is 52.7 Å². The normalized spacial score (nSPS) is 10.3. The molecule has 5 heteroatoms. The average Bonchev–Trinajstić information content (AvgIpc) is 2.32. The first-order valence-corrected chi connectivity index (χ1v) is 5.49. The molecule has 0 atom stereocenters. The van der Waals surface area contributed by atoms with Gasteiger partial charge in [0.15, 0.2) is 0 Å². The molecule has 0 saturated carbocycles. The molecule has 0 unspecified atom stereocenters. The van der Waals surface area contributed by atoms with Crippen LogP contribution in [0.1, 0.15) is 11.1 Å². The standard InChI is InChI=1S/C12H11ClFN3/c1-8-4-9(2-3-11(8)14)5-16-12-10(13)6-15-7-17-12/h2-4,6-7H,5H2,1H3,(H,15,16,17). The van der Waals surface area contributed by atoms with Crippen LogP contribution in [0.2, 0.25) is 5.02 Å². The summed E-state index contributed by atoms with van der Waals surface area (Å²) in [4.78, 5) is 7.80. The number of rotatable bonds is 3. The molecule has 1 N–H and O–H groups in total. The lowest BCUT2D eigenvalue weighted by atomic mass is 10.1. The Bertz CT molecular complexity index is 531. The lowest BCUT2D eigenvalue weighted by Gasteiger charge is -2.07. The highest BCUT2D eigenvalue weighted by Gasteiger charge is 2.02. The molecule has 2 rings (SSSR count). The van der Waals surface area contributed by atoms with Gasteiger partial charge in [-0.1, -0.05) is 23.7 Å². The van der Waals surface area contributed by atoms with Crippen molar-refractivity contribution in [3.63, 3.8) is 0 Å². The third-order valence-corrected chi connectivity index (χ3v) is 2.63. The Kier molecular flexibility index (Phi) is 3.54. The highest BCUT2D eigenvalue weighted by molar-refractivity contribution is 6.32. The third kappa shape index (κ3) is 2.91. The molecule has 2 aromatic rings. The summed E-state index contributed by atoms with van der Waals surface area (Å²) in [5.41, 5.74) is 1.59. The number of halogens is 2. The largest absolute Gasteiger partial charge is 0.365 e. The van der Waals surface area contributed by atoms with Gasteiger partial charge in [0.1, 0.15) is 23.0 Å². The van der Waals surface area contributed by atoms with E-state index in [9.17, 15) is 4.39 Å². The third-order valence-electron chi connectivity index (χ3n) is 2.35. The minimum Gasteiger partial charge on any atom is -0.365 e. The van der Waals surface area contributed by atoms with Gasteiger partial charge in [0.25, 0.3) is 0 Å². The van der Waals surface area contributed by atoms with Crippen molar-refractivity contribution in [2.75, 3.05) is 5.32 Å². The number of nitrogens with one attached hydrogen (secondary N) is 1. The fraction of sp³-hybridized carbons (Fsp3) is 0.167. The summed E-state index contributed by atoms with van der Waals surface area (Å²) >= 11 is 5.90. The molecule has 0 saturated heterocycles. The summed E-state index contributed by atoms with van der Waals surface area (Å²) in [5, 5.41) is 3.53. The predicted octanol–water partition coefficient (Wildman–Crippen LogP) is 3.19. The number of hydrogen-bond acceptors (Lipinski definition) is 3. The summed E-state index contributed by atoms with van der Waals surface area (Å²) in [6, 6.07) is 4.97. The van der Waals surface area contributed by atoms with Crippen LogP contribution in [0.4, 0.5) is 10.2 Å². The molecule has 1 aromatic heterocycles. The molecule has 0 aliphatic rings. The van der Waals surface area contributed by atoms with Crippen molar-refractivity contribution in [3.8, 4) is 0 Å². The highest BCUT2D eigenvalue weighted by Crippen LogP contribution is 2.17. The van der Waals surface area contributed by atoms with Crippen LogP contribution >= 0.6 is 11.6 Å².